The second-order valence-corrected chi connectivity index (χ2v) is 4.69. The zero-order chi connectivity index (χ0) is 13.4. The van der Waals surface area contributed by atoms with Gasteiger partial charge in [-0.2, -0.15) is 0 Å². The van der Waals surface area contributed by atoms with E-state index in [1.54, 1.807) is 6.07 Å². The second-order valence-electron chi connectivity index (χ2n) is 4.69. The molecule has 0 saturated heterocycles. The van der Waals surface area contributed by atoms with Crippen LogP contribution in [-0.4, -0.2) is 12.6 Å². The molecule has 0 aromatic heterocycles. The average Bonchev–Trinajstić information content (AvgIpc) is 2.33. The van der Waals surface area contributed by atoms with Crippen LogP contribution in [-0.2, 0) is 6.42 Å². The summed E-state index contributed by atoms with van der Waals surface area (Å²) >= 11 is 0. The third-order valence-corrected chi connectivity index (χ3v) is 3.13. The van der Waals surface area contributed by atoms with Crippen molar-refractivity contribution in [3.05, 3.63) is 35.4 Å². The Bertz CT molecular complexity index is 352. The van der Waals surface area contributed by atoms with Crippen molar-refractivity contribution >= 4 is 0 Å². The van der Waals surface area contributed by atoms with E-state index in [9.17, 15) is 8.78 Å². The van der Waals surface area contributed by atoms with Gasteiger partial charge in [0.05, 0.1) is 0 Å². The van der Waals surface area contributed by atoms with Crippen LogP contribution in [0.25, 0.3) is 0 Å². The van der Waals surface area contributed by atoms with E-state index < -0.39 is 11.6 Å². The van der Waals surface area contributed by atoms with Crippen LogP contribution in [0.1, 0.15) is 45.1 Å². The molecule has 0 aliphatic rings. The van der Waals surface area contributed by atoms with Crippen LogP contribution in [0, 0.1) is 11.6 Å². The lowest BCUT2D eigenvalue weighted by Gasteiger charge is -2.18. The summed E-state index contributed by atoms with van der Waals surface area (Å²) in [6.45, 7) is 5.09. The van der Waals surface area contributed by atoms with Gasteiger partial charge < -0.3 is 5.32 Å². The standard InChI is InChI=1S/C15H23F2N/c1-3-5-6-7-14(18-4-2)10-12-8-9-13(16)11-15(12)17/h8-9,11,14,18H,3-7,10H2,1-2H3. The zero-order valence-corrected chi connectivity index (χ0v) is 11.3. The van der Waals surface area contributed by atoms with Crippen LogP contribution in [0.4, 0.5) is 8.78 Å². The Kier molecular flexibility index (Phi) is 6.88. The third kappa shape index (κ3) is 5.13. The monoisotopic (exact) mass is 255 g/mol. The van der Waals surface area contributed by atoms with Crippen molar-refractivity contribution in [1.29, 1.82) is 0 Å². The highest BCUT2D eigenvalue weighted by Crippen LogP contribution is 2.14. The number of halogens is 2. The minimum Gasteiger partial charge on any atom is -0.314 e. The van der Waals surface area contributed by atoms with Gasteiger partial charge in [0.15, 0.2) is 0 Å². The number of hydrogen-bond donors (Lipinski definition) is 1. The molecule has 0 radical (unpaired) electrons. The summed E-state index contributed by atoms with van der Waals surface area (Å²) < 4.78 is 26.4. The lowest BCUT2D eigenvalue weighted by Crippen LogP contribution is -2.31. The highest BCUT2D eigenvalue weighted by Gasteiger charge is 2.11. The first kappa shape index (κ1) is 15.1. The fourth-order valence-corrected chi connectivity index (χ4v) is 2.16. The Morgan fingerprint density at radius 3 is 2.56 bits per heavy atom. The summed E-state index contributed by atoms with van der Waals surface area (Å²) in [6.07, 6.45) is 5.21. The largest absolute Gasteiger partial charge is 0.314 e. The summed E-state index contributed by atoms with van der Waals surface area (Å²) in [7, 11) is 0. The van der Waals surface area contributed by atoms with Gasteiger partial charge in [0.25, 0.3) is 0 Å². The van der Waals surface area contributed by atoms with Crippen molar-refractivity contribution in [1.82, 2.24) is 5.32 Å². The van der Waals surface area contributed by atoms with Gasteiger partial charge in [-0.15, -0.1) is 0 Å². The number of likely N-dealkylation sites (N-methyl/N-ethyl adjacent to an activating group) is 1. The minimum atomic E-state index is -0.512. The van der Waals surface area contributed by atoms with Gasteiger partial charge in [-0.3, -0.25) is 0 Å². The molecule has 1 N–H and O–H groups in total. The maximum atomic E-state index is 13.6. The van der Waals surface area contributed by atoms with E-state index in [0.717, 1.165) is 25.5 Å². The van der Waals surface area contributed by atoms with Crippen LogP contribution in [0.2, 0.25) is 0 Å². The number of rotatable bonds is 8. The van der Waals surface area contributed by atoms with Crippen LogP contribution in [0.3, 0.4) is 0 Å². The normalized spacial score (nSPS) is 12.7. The van der Waals surface area contributed by atoms with Crippen LogP contribution >= 0.6 is 0 Å². The molecule has 1 nitrogen and oxygen atoms in total. The number of hydrogen-bond acceptors (Lipinski definition) is 1. The first-order chi connectivity index (χ1) is 8.67. The van der Waals surface area contributed by atoms with E-state index in [2.05, 4.69) is 12.2 Å². The van der Waals surface area contributed by atoms with E-state index in [1.165, 1.54) is 18.9 Å². The quantitative estimate of drug-likeness (QED) is 0.691. The molecular formula is C15H23F2N. The Morgan fingerprint density at radius 2 is 1.94 bits per heavy atom. The molecule has 0 fully saturated rings. The smallest absolute Gasteiger partial charge is 0.129 e. The van der Waals surface area contributed by atoms with Crippen LogP contribution < -0.4 is 5.32 Å². The Balaban J connectivity index is 2.58. The van der Waals surface area contributed by atoms with Crippen LogP contribution in [0.5, 0.6) is 0 Å². The first-order valence-electron chi connectivity index (χ1n) is 6.84. The highest BCUT2D eigenvalue weighted by atomic mass is 19.1. The maximum Gasteiger partial charge on any atom is 0.129 e. The number of benzene rings is 1. The molecule has 1 aromatic rings. The van der Waals surface area contributed by atoms with E-state index in [0.29, 0.717) is 12.0 Å². The van der Waals surface area contributed by atoms with Crippen molar-refractivity contribution in [2.75, 3.05) is 6.54 Å². The van der Waals surface area contributed by atoms with E-state index in [-0.39, 0.29) is 6.04 Å². The maximum absolute atomic E-state index is 13.6. The van der Waals surface area contributed by atoms with Gasteiger partial charge in [-0.25, -0.2) is 8.78 Å². The van der Waals surface area contributed by atoms with Gasteiger partial charge in [-0.05, 0) is 31.0 Å². The summed E-state index contributed by atoms with van der Waals surface area (Å²) in [5.74, 6) is -0.948. The van der Waals surface area contributed by atoms with Gasteiger partial charge >= 0.3 is 0 Å². The summed E-state index contributed by atoms with van der Waals surface area (Å²) in [5, 5.41) is 3.37. The van der Waals surface area contributed by atoms with Crippen LogP contribution in [0.15, 0.2) is 18.2 Å². The molecule has 0 aliphatic heterocycles. The molecule has 0 amide bonds. The van der Waals surface area contributed by atoms with Crippen molar-refractivity contribution in [3.8, 4) is 0 Å². The zero-order valence-electron chi connectivity index (χ0n) is 11.3. The molecule has 1 rings (SSSR count). The number of nitrogens with one attached hydrogen (secondary N) is 1. The Morgan fingerprint density at radius 1 is 1.17 bits per heavy atom. The van der Waals surface area contributed by atoms with Gasteiger partial charge in [0.2, 0.25) is 0 Å². The highest BCUT2D eigenvalue weighted by molar-refractivity contribution is 5.19. The van der Waals surface area contributed by atoms with Crippen molar-refractivity contribution in [2.24, 2.45) is 0 Å². The molecule has 0 spiro atoms. The van der Waals surface area contributed by atoms with Crippen molar-refractivity contribution < 1.29 is 8.78 Å². The molecule has 0 bridgehead atoms. The molecule has 3 heteroatoms. The first-order valence-corrected chi connectivity index (χ1v) is 6.84. The molecule has 102 valence electrons. The Labute approximate surface area is 109 Å². The van der Waals surface area contributed by atoms with Gasteiger partial charge in [0, 0.05) is 12.1 Å². The summed E-state index contributed by atoms with van der Waals surface area (Å²) in [4.78, 5) is 0. The lowest BCUT2D eigenvalue weighted by molar-refractivity contribution is 0.457. The summed E-state index contributed by atoms with van der Waals surface area (Å²) in [5.41, 5.74) is 0.596. The Hall–Kier alpha value is -0.960. The summed E-state index contributed by atoms with van der Waals surface area (Å²) in [6, 6.07) is 4.12. The SMILES string of the molecule is CCCCCC(Cc1ccc(F)cc1F)NCC. The fourth-order valence-electron chi connectivity index (χ4n) is 2.16. The predicted octanol–water partition coefficient (Wildman–Crippen LogP) is 4.07. The topological polar surface area (TPSA) is 12.0 Å². The minimum absolute atomic E-state index is 0.279. The molecule has 18 heavy (non-hydrogen) atoms. The van der Waals surface area contributed by atoms with Gasteiger partial charge in [0.1, 0.15) is 11.6 Å². The van der Waals surface area contributed by atoms with E-state index in [1.807, 2.05) is 6.92 Å². The molecule has 0 aliphatic carbocycles. The lowest BCUT2D eigenvalue weighted by atomic mass is 10.00. The second kappa shape index (κ2) is 8.20. The molecule has 1 aromatic carbocycles. The van der Waals surface area contributed by atoms with E-state index in [4.69, 9.17) is 0 Å². The van der Waals surface area contributed by atoms with Crippen molar-refractivity contribution in [2.45, 2.75) is 52.0 Å². The molecule has 1 unspecified atom stereocenters. The molecule has 1 atom stereocenters. The molecule has 0 heterocycles. The third-order valence-electron chi connectivity index (χ3n) is 3.13. The molecular weight excluding hydrogens is 232 g/mol. The number of unbranched alkanes of at least 4 members (excludes halogenated alkanes) is 2. The average molecular weight is 255 g/mol. The fraction of sp³-hybridized carbons (Fsp3) is 0.600. The van der Waals surface area contributed by atoms with Crippen molar-refractivity contribution in [3.63, 3.8) is 0 Å². The predicted molar refractivity (Wildman–Crippen MR) is 71.7 cm³/mol. The van der Waals surface area contributed by atoms with E-state index >= 15 is 0 Å². The van der Waals surface area contributed by atoms with Gasteiger partial charge in [-0.1, -0.05) is 39.2 Å². The molecule has 0 saturated carbocycles.